The quantitative estimate of drug-likeness (QED) is 0.366. The summed E-state index contributed by atoms with van der Waals surface area (Å²) in [6.45, 7) is 9.10. The second-order valence-corrected chi connectivity index (χ2v) is 5.54. The van der Waals surface area contributed by atoms with Crippen LogP contribution in [0.4, 0.5) is 4.39 Å². The zero-order chi connectivity index (χ0) is 17.9. The van der Waals surface area contributed by atoms with E-state index in [2.05, 4.69) is 10.3 Å². The van der Waals surface area contributed by atoms with E-state index < -0.39 is 0 Å². The smallest absolute Gasteiger partial charge is 0.224 e. The number of carbonyl (C=O) groups excluding carboxylic acids is 1. The van der Waals surface area contributed by atoms with Crippen LogP contribution in [0.3, 0.4) is 0 Å². The van der Waals surface area contributed by atoms with Gasteiger partial charge < -0.3 is 15.1 Å². The predicted molar refractivity (Wildman–Crippen MR) is 112 cm³/mol. The molecule has 0 bridgehead atoms. The number of benzene rings is 1. The van der Waals surface area contributed by atoms with Gasteiger partial charge in [0.25, 0.3) is 0 Å². The zero-order valence-electron chi connectivity index (χ0n) is 15.6. The second kappa shape index (κ2) is 12.9. The summed E-state index contributed by atoms with van der Waals surface area (Å²) < 4.78 is 13.3. The van der Waals surface area contributed by atoms with Gasteiger partial charge in [-0.1, -0.05) is 12.1 Å². The molecule has 0 radical (unpaired) electrons. The lowest BCUT2D eigenvalue weighted by molar-refractivity contribution is -0.130. The van der Waals surface area contributed by atoms with Gasteiger partial charge in [0.2, 0.25) is 5.91 Å². The molecule has 25 heavy (non-hydrogen) atoms. The number of rotatable bonds is 8. The van der Waals surface area contributed by atoms with Crippen molar-refractivity contribution in [3.8, 4) is 0 Å². The Morgan fingerprint density at radius 3 is 2.48 bits per heavy atom. The van der Waals surface area contributed by atoms with E-state index in [-0.39, 0.29) is 35.7 Å². The van der Waals surface area contributed by atoms with Crippen molar-refractivity contribution in [1.29, 1.82) is 0 Å². The van der Waals surface area contributed by atoms with Crippen molar-refractivity contribution in [2.24, 2.45) is 4.99 Å². The molecule has 0 aromatic heterocycles. The predicted octanol–water partition coefficient (Wildman–Crippen LogP) is 3.10. The monoisotopic (exact) mass is 464 g/mol. The Labute approximate surface area is 167 Å². The molecule has 0 saturated heterocycles. The molecule has 1 amide bonds. The van der Waals surface area contributed by atoms with Crippen molar-refractivity contribution in [3.05, 3.63) is 35.6 Å². The molecular formula is C18H30FIN4O. The number of carbonyl (C=O) groups is 1. The topological polar surface area (TPSA) is 47.9 Å². The molecule has 1 aromatic rings. The first-order valence-electron chi connectivity index (χ1n) is 8.53. The SMILES string of the molecule is CCNC(=NCCC(=O)N(CC)CC)N(C)Cc1cccc(F)c1.I. The van der Waals surface area contributed by atoms with Gasteiger partial charge in [0, 0.05) is 39.6 Å². The van der Waals surface area contributed by atoms with E-state index >= 15 is 0 Å². The molecule has 0 aliphatic rings. The highest BCUT2D eigenvalue weighted by atomic mass is 127. The molecule has 0 unspecified atom stereocenters. The number of hydrogen-bond donors (Lipinski definition) is 1. The number of amides is 1. The first-order valence-corrected chi connectivity index (χ1v) is 8.53. The Morgan fingerprint density at radius 2 is 1.92 bits per heavy atom. The van der Waals surface area contributed by atoms with Crippen LogP contribution < -0.4 is 5.32 Å². The maximum absolute atomic E-state index is 13.3. The van der Waals surface area contributed by atoms with Crippen LogP contribution in [0.2, 0.25) is 0 Å². The highest BCUT2D eigenvalue weighted by molar-refractivity contribution is 14.0. The van der Waals surface area contributed by atoms with Crippen molar-refractivity contribution >= 4 is 35.8 Å². The maximum Gasteiger partial charge on any atom is 0.224 e. The first kappa shape index (κ1) is 23.6. The summed E-state index contributed by atoms with van der Waals surface area (Å²) in [6, 6.07) is 6.53. The van der Waals surface area contributed by atoms with Crippen molar-refractivity contribution in [3.63, 3.8) is 0 Å². The van der Waals surface area contributed by atoms with E-state index in [1.54, 1.807) is 11.0 Å². The molecule has 0 heterocycles. The van der Waals surface area contributed by atoms with Gasteiger partial charge in [-0.2, -0.15) is 0 Å². The number of nitrogens with one attached hydrogen (secondary N) is 1. The highest BCUT2D eigenvalue weighted by Crippen LogP contribution is 2.06. The average Bonchev–Trinajstić information content (AvgIpc) is 2.55. The summed E-state index contributed by atoms with van der Waals surface area (Å²) in [7, 11) is 1.90. The van der Waals surface area contributed by atoms with Crippen LogP contribution in [0.1, 0.15) is 32.8 Å². The van der Waals surface area contributed by atoms with Gasteiger partial charge in [-0.25, -0.2) is 4.39 Å². The van der Waals surface area contributed by atoms with Crippen molar-refractivity contribution in [1.82, 2.24) is 15.1 Å². The number of nitrogens with zero attached hydrogens (tertiary/aromatic N) is 3. The lowest BCUT2D eigenvalue weighted by atomic mass is 10.2. The maximum atomic E-state index is 13.3. The lowest BCUT2D eigenvalue weighted by Gasteiger charge is -2.22. The minimum Gasteiger partial charge on any atom is -0.357 e. The normalized spacial score (nSPS) is 10.8. The molecule has 1 aromatic carbocycles. The molecule has 1 rings (SSSR count). The fourth-order valence-corrected chi connectivity index (χ4v) is 2.45. The molecular weight excluding hydrogens is 434 g/mol. The van der Waals surface area contributed by atoms with Crippen LogP contribution in [0.5, 0.6) is 0 Å². The Morgan fingerprint density at radius 1 is 1.24 bits per heavy atom. The van der Waals surface area contributed by atoms with Crippen LogP contribution in [-0.4, -0.2) is 54.9 Å². The van der Waals surface area contributed by atoms with E-state index in [0.29, 0.717) is 25.5 Å². The fraction of sp³-hybridized carbons (Fsp3) is 0.556. The Kier molecular flexibility index (Phi) is 12.2. The van der Waals surface area contributed by atoms with Crippen LogP contribution in [0, 0.1) is 5.82 Å². The summed E-state index contributed by atoms with van der Waals surface area (Å²) in [4.78, 5) is 20.3. The number of guanidine groups is 1. The first-order chi connectivity index (χ1) is 11.5. The number of halogens is 2. The van der Waals surface area contributed by atoms with Gasteiger partial charge in [-0.05, 0) is 38.5 Å². The van der Waals surface area contributed by atoms with Gasteiger partial charge >= 0.3 is 0 Å². The van der Waals surface area contributed by atoms with Crippen molar-refractivity contribution < 1.29 is 9.18 Å². The molecule has 7 heteroatoms. The summed E-state index contributed by atoms with van der Waals surface area (Å²) >= 11 is 0. The van der Waals surface area contributed by atoms with Crippen molar-refractivity contribution in [2.45, 2.75) is 33.7 Å². The van der Waals surface area contributed by atoms with Gasteiger partial charge in [-0.15, -0.1) is 24.0 Å². The molecule has 142 valence electrons. The third-order valence-corrected chi connectivity index (χ3v) is 3.71. The molecule has 1 N–H and O–H groups in total. The summed E-state index contributed by atoms with van der Waals surface area (Å²) in [5, 5.41) is 3.21. The minimum absolute atomic E-state index is 0. The van der Waals surface area contributed by atoms with E-state index in [9.17, 15) is 9.18 Å². The van der Waals surface area contributed by atoms with Crippen LogP contribution in [-0.2, 0) is 11.3 Å². The number of aliphatic imine (C=N–C) groups is 1. The summed E-state index contributed by atoms with van der Waals surface area (Å²) in [5.74, 6) is 0.592. The largest absolute Gasteiger partial charge is 0.357 e. The second-order valence-electron chi connectivity index (χ2n) is 5.54. The average molecular weight is 464 g/mol. The third-order valence-electron chi connectivity index (χ3n) is 3.71. The van der Waals surface area contributed by atoms with E-state index in [1.165, 1.54) is 12.1 Å². The van der Waals surface area contributed by atoms with Gasteiger partial charge in [0.15, 0.2) is 5.96 Å². The Balaban J connectivity index is 0.00000576. The Bertz CT molecular complexity index is 550. The molecule has 0 aliphatic carbocycles. The van der Waals surface area contributed by atoms with Gasteiger partial charge in [0.05, 0.1) is 6.54 Å². The Hall–Kier alpha value is -1.38. The molecule has 0 fully saturated rings. The van der Waals surface area contributed by atoms with Gasteiger partial charge in [0.1, 0.15) is 5.82 Å². The van der Waals surface area contributed by atoms with E-state index in [4.69, 9.17) is 0 Å². The standard InChI is InChI=1S/C18H29FN4O.HI/c1-5-20-18(21-12-11-17(24)23(6-2)7-3)22(4)14-15-9-8-10-16(19)13-15;/h8-10,13H,5-7,11-12,14H2,1-4H3,(H,20,21);1H. The van der Waals surface area contributed by atoms with Gasteiger partial charge in [-0.3, -0.25) is 9.79 Å². The summed E-state index contributed by atoms with van der Waals surface area (Å²) in [6.07, 6.45) is 0.393. The molecule has 0 aliphatic heterocycles. The highest BCUT2D eigenvalue weighted by Gasteiger charge is 2.10. The van der Waals surface area contributed by atoms with E-state index in [0.717, 1.165) is 25.2 Å². The van der Waals surface area contributed by atoms with Crippen LogP contribution >= 0.6 is 24.0 Å². The molecule has 0 spiro atoms. The molecule has 0 saturated carbocycles. The fourth-order valence-electron chi connectivity index (χ4n) is 2.45. The summed E-state index contributed by atoms with van der Waals surface area (Å²) in [5.41, 5.74) is 0.877. The van der Waals surface area contributed by atoms with Crippen LogP contribution in [0.15, 0.2) is 29.3 Å². The van der Waals surface area contributed by atoms with E-state index in [1.807, 2.05) is 38.8 Å². The molecule has 0 atom stereocenters. The molecule has 5 nitrogen and oxygen atoms in total. The van der Waals surface area contributed by atoms with Crippen molar-refractivity contribution in [2.75, 3.05) is 33.2 Å². The third kappa shape index (κ3) is 8.51. The minimum atomic E-state index is -0.243. The zero-order valence-corrected chi connectivity index (χ0v) is 17.9. The number of hydrogen-bond acceptors (Lipinski definition) is 2. The lowest BCUT2D eigenvalue weighted by Crippen LogP contribution is -2.39. The van der Waals surface area contributed by atoms with Crippen LogP contribution in [0.25, 0.3) is 0 Å².